The van der Waals surface area contributed by atoms with Crippen molar-refractivity contribution in [3.63, 3.8) is 0 Å². The SMILES string of the molecule is Cc1ccc2cc3n(c2c1)CC(C(=O)NC1CCCCCCC1)(c1ccccc1)N(Cc1ccc(OC(C)C)cc1)C3=O. The molecule has 43 heavy (non-hydrogen) atoms. The van der Waals surface area contributed by atoms with Gasteiger partial charge in [0.1, 0.15) is 11.4 Å². The molecule has 0 saturated heterocycles. The molecular formula is C37H43N3O3. The first-order valence-corrected chi connectivity index (χ1v) is 15.9. The van der Waals surface area contributed by atoms with Crippen LogP contribution in [-0.2, 0) is 23.4 Å². The molecule has 0 spiro atoms. The second kappa shape index (κ2) is 12.3. The van der Waals surface area contributed by atoms with Gasteiger partial charge in [-0.15, -0.1) is 0 Å². The van der Waals surface area contributed by atoms with E-state index in [4.69, 9.17) is 4.74 Å². The monoisotopic (exact) mass is 577 g/mol. The molecule has 6 nitrogen and oxygen atoms in total. The van der Waals surface area contributed by atoms with Crippen LogP contribution in [0.3, 0.4) is 0 Å². The van der Waals surface area contributed by atoms with Crippen LogP contribution in [0.25, 0.3) is 10.9 Å². The van der Waals surface area contributed by atoms with Crippen molar-refractivity contribution < 1.29 is 14.3 Å². The fourth-order valence-electron chi connectivity index (χ4n) is 6.86. The molecule has 6 rings (SSSR count). The van der Waals surface area contributed by atoms with Crippen LogP contribution < -0.4 is 10.1 Å². The van der Waals surface area contributed by atoms with Gasteiger partial charge in [0.2, 0.25) is 0 Å². The molecule has 1 aromatic heterocycles. The predicted molar refractivity (Wildman–Crippen MR) is 171 cm³/mol. The number of carbonyl (C=O) groups excluding carboxylic acids is 2. The molecule has 1 saturated carbocycles. The number of aromatic nitrogens is 1. The highest BCUT2D eigenvalue weighted by Crippen LogP contribution is 2.41. The second-order valence-electron chi connectivity index (χ2n) is 12.6. The van der Waals surface area contributed by atoms with Crippen LogP contribution in [0.5, 0.6) is 5.75 Å². The molecular weight excluding hydrogens is 534 g/mol. The smallest absolute Gasteiger partial charge is 0.272 e. The lowest BCUT2D eigenvalue weighted by Crippen LogP contribution is -2.64. The quantitative estimate of drug-likeness (QED) is 0.247. The number of rotatable bonds is 7. The van der Waals surface area contributed by atoms with Crippen molar-refractivity contribution in [1.82, 2.24) is 14.8 Å². The molecule has 3 aromatic carbocycles. The first-order valence-electron chi connectivity index (χ1n) is 15.9. The largest absolute Gasteiger partial charge is 0.491 e. The third-order valence-electron chi connectivity index (χ3n) is 9.07. The topological polar surface area (TPSA) is 63.6 Å². The zero-order valence-electron chi connectivity index (χ0n) is 25.6. The van der Waals surface area contributed by atoms with Crippen LogP contribution in [0, 0.1) is 6.92 Å². The fourth-order valence-corrected chi connectivity index (χ4v) is 6.86. The normalized spacial score (nSPS) is 19.6. The van der Waals surface area contributed by atoms with E-state index in [2.05, 4.69) is 35.0 Å². The van der Waals surface area contributed by atoms with Crippen molar-refractivity contribution in [2.75, 3.05) is 0 Å². The van der Waals surface area contributed by atoms with Crippen LogP contribution in [0.4, 0.5) is 0 Å². The third kappa shape index (κ3) is 5.80. The van der Waals surface area contributed by atoms with Gasteiger partial charge in [0.25, 0.3) is 11.8 Å². The van der Waals surface area contributed by atoms with Crippen LogP contribution in [0.1, 0.15) is 86.0 Å². The highest BCUT2D eigenvalue weighted by molar-refractivity contribution is 6.04. The first-order chi connectivity index (χ1) is 20.8. The summed E-state index contributed by atoms with van der Waals surface area (Å²) in [6, 6.07) is 26.1. The number of aryl methyl sites for hydroxylation is 1. The van der Waals surface area contributed by atoms with Crippen LogP contribution in [0.15, 0.2) is 78.9 Å². The van der Waals surface area contributed by atoms with E-state index in [9.17, 15) is 9.59 Å². The minimum atomic E-state index is -1.23. The summed E-state index contributed by atoms with van der Waals surface area (Å²) in [7, 11) is 0. The molecule has 1 N–H and O–H groups in total. The standard InChI is InChI=1S/C37H43N3O3/c1-26(2)43-32-20-17-28(18-21-32)24-40-35(41)34-23-29-19-16-27(3)22-33(29)39(34)25-37(40,30-12-8-7-9-13-30)36(42)38-31-14-10-5-4-6-11-15-31/h7-9,12-13,16-23,26,31H,4-6,10-11,14-15,24-25H2,1-3H3,(H,38,42). The number of amides is 2. The number of nitrogens with one attached hydrogen (secondary N) is 1. The Kier molecular flexibility index (Phi) is 8.29. The lowest BCUT2D eigenvalue weighted by atomic mass is 9.83. The Hall–Kier alpha value is -4.06. The summed E-state index contributed by atoms with van der Waals surface area (Å²) in [4.78, 5) is 31.4. The van der Waals surface area contributed by atoms with Gasteiger partial charge in [0.15, 0.2) is 5.54 Å². The summed E-state index contributed by atoms with van der Waals surface area (Å²) < 4.78 is 7.95. The van der Waals surface area contributed by atoms with Crippen LogP contribution in [0.2, 0.25) is 0 Å². The van der Waals surface area contributed by atoms with E-state index < -0.39 is 5.54 Å². The minimum Gasteiger partial charge on any atom is -0.491 e. The van der Waals surface area contributed by atoms with E-state index in [-0.39, 0.29) is 24.0 Å². The first kappa shape index (κ1) is 29.0. The number of fused-ring (bicyclic) bond motifs is 3. The predicted octanol–water partition coefficient (Wildman–Crippen LogP) is 7.52. The van der Waals surface area contributed by atoms with Crippen molar-refractivity contribution in [2.24, 2.45) is 0 Å². The zero-order valence-corrected chi connectivity index (χ0v) is 25.6. The number of nitrogens with zero attached hydrogens (tertiary/aromatic N) is 2. The molecule has 0 bridgehead atoms. The third-order valence-corrected chi connectivity index (χ3v) is 9.07. The summed E-state index contributed by atoms with van der Waals surface area (Å²) >= 11 is 0. The highest BCUT2D eigenvalue weighted by atomic mass is 16.5. The average molecular weight is 578 g/mol. The Labute approximate surface area is 255 Å². The molecule has 2 amide bonds. The molecule has 0 radical (unpaired) electrons. The van der Waals surface area contributed by atoms with Gasteiger partial charge < -0.3 is 19.5 Å². The Morgan fingerprint density at radius 3 is 2.33 bits per heavy atom. The van der Waals surface area contributed by atoms with Gasteiger partial charge in [-0.25, -0.2) is 0 Å². The van der Waals surface area contributed by atoms with Gasteiger partial charge in [0, 0.05) is 23.5 Å². The van der Waals surface area contributed by atoms with Gasteiger partial charge in [0.05, 0.1) is 12.6 Å². The Bertz CT molecular complexity index is 1580. The average Bonchev–Trinajstić information content (AvgIpc) is 3.34. The van der Waals surface area contributed by atoms with Crippen molar-refractivity contribution in [3.8, 4) is 5.75 Å². The van der Waals surface area contributed by atoms with E-state index in [1.807, 2.05) is 79.4 Å². The lowest BCUT2D eigenvalue weighted by Gasteiger charge is -2.47. The van der Waals surface area contributed by atoms with E-state index in [1.165, 1.54) is 19.3 Å². The fraction of sp³-hybridized carbons (Fsp3) is 0.405. The number of ether oxygens (including phenoxy) is 1. The molecule has 2 heterocycles. The number of hydrogen-bond donors (Lipinski definition) is 1. The molecule has 1 aliphatic carbocycles. The van der Waals surface area contributed by atoms with Gasteiger partial charge in [-0.1, -0.05) is 86.7 Å². The van der Waals surface area contributed by atoms with E-state index in [1.54, 1.807) is 0 Å². The van der Waals surface area contributed by atoms with Gasteiger partial charge in [-0.2, -0.15) is 0 Å². The van der Waals surface area contributed by atoms with Gasteiger partial charge in [-0.05, 0) is 74.6 Å². The summed E-state index contributed by atoms with van der Waals surface area (Å²) in [5, 5.41) is 4.49. The lowest BCUT2D eigenvalue weighted by molar-refractivity contribution is -0.136. The molecule has 1 atom stereocenters. The Balaban J connectivity index is 1.48. The van der Waals surface area contributed by atoms with Gasteiger partial charge >= 0.3 is 0 Å². The van der Waals surface area contributed by atoms with Crippen molar-refractivity contribution in [1.29, 1.82) is 0 Å². The Morgan fingerprint density at radius 1 is 0.930 bits per heavy atom. The molecule has 4 aromatic rings. The summed E-state index contributed by atoms with van der Waals surface area (Å²) in [6.07, 6.45) is 7.91. The van der Waals surface area contributed by atoms with E-state index in [0.29, 0.717) is 18.8 Å². The van der Waals surface area contributed by atoms with Crippen LogP contribution in [-0.4, -0.2) is 33.4 Å². The maximum absolute atomic E-state index is 14.9. The maximum atomic E-state index is 14.9. The highest BCUT2D eigenvalue weighted by Gasteiger charge is 2.52. The minimum absolute atomic E-state index is 0.0720. The van der Waals surface area contributed by atoms with Crippen LogP contribution >= 0.6 is 0 Å². The second-order valence-corrected chi connectivity index (χ2v) is 12.6. The molecule has 224 valence electrons. The molecule has 1 fully saturated rings. The summed E-state index contributed by atoms with van der Waals surface area (Å²) in [6.45, 7) is 6.72. The number of carbonyl (C=O) groups is 2. The molecule has 1 unspecified atom stereocenters. The number of hydrogen-bond acceptors (Lipinski definition) is 3. The Morgan fingerprint density at radius 2 is 1.63 bits per heavy atom. The van der Waals surface area contributed by atoms with Crippen molar-refractivity contribution in [3.05, 3.63) is 101 Å². The van der Waals surface area contributed by atoms with E-state index >= 15 is 0 Å². The molecule has 1 aliphatic heterocycles. The number of benzene rings is 3. The van der Waals surface area contributed by atoms with Gasteiger partial charge in [-0.3, -0.25) is 9.59 Å². The molecule has 6 heteroatoms. The van der Waals surface area contributed by atoms with Crippen molar-refractivity contribution in [2.45, 2.75) is 96.5 Å². The summed E-state index contributed by atoms with van der Waals surface area (Å²) in [5.41, 5.74) is 3.27. The van der Waals surface area contributed by atoms with Crippen molar-refractivity contribution >= 4 is 22.7 Å². The summed E-state index contributed by atoms with van der Waals surface area (Å²) in [5.74, 6) is 0.549. The maximum Gasteiger partial charge on any atom is 0.272 e. The van der Waals surface area contributed by atoms with E-state index in [0.717, 1.165) is 59.0 Å². The molecule has 2 aliphatic rings. The zero-order chi connectivity index (χ0) is 30.0.